The predicted molar refractivity (Wildman–Crippen MR) is 105 cm³/mol. The van der Waals surface area contributed by atoms with Crippen molar-refractivity contribution in [3.63, 3.8) is 0 Å². The number of aliphatic imine (C=N–C) groups is 1. The van der Waals surface area contributed by atoms with Crippen LogP contribution in [0.15, 0.2) is 53.5 Å². The molecule has 0 saturated heterocycles. The van der Waals surface area contributed by atoms with E-state index < -0.39 is 0 Å². The van der Waals surface area contributed by atoms with Crippen LogP contribution < -0.4 is 20.7 Å². The molecule has 0 aliphatic rings. The molecule has 0 radical (unpaired) electrons. The van der Waals surface area contributed by atoms with Gasteiger partial charge in [-0.1, -0.05) is 18.2 Å². The fraction of sp³-hybridized carbons (Fsp3) is 0.300. The smallest absolute Gasteiger partial charge is 0.243 e. The van der Waals surface area contributed by atoms with Crippen molar-refractivity contribution in [3.05, 3.63) is 59.9 Å². The van der Waals surface area contributed by atoms with Gasteiger partial charge < -0.3 is 20.7 Å². The van der Waals surface area contributed by atoms with Crippen LogP contribution >= 0.6 is 0 Å². The summed E-state index contributed by atoms with van der Waals surface area (Å²) in [5, 5.41) is 8.78. The lowest BCUT2D eigenvalue weighted by atomic mass is 10.2. The number of amides is 1. The highest BCUT2D eigenvalue weighted by atomic mass is 19.1. The number of carbonyl (C=O) groups is 1. The minimum atomic E-state index is -0.347. The van der Waals surface area contributed by atoms with Crippen molar-refractivity contribution < 1.29 is 13.9 Å². The summed E-state index contributed by atoms with van der Waals surface area (Å²) < 4.78 is 18.5. The molecule has 0 atom stereocenters. The van der Waals surface area contributed by atoms with Crippen molar-refractivity contribution in [2.75, 3.05) is 25.0 Å². The third kappa shape index (κ3) is 6.97. The van der Waals surface area contributed by atoms with Crippen molar-refractivity contribution in [2.24, 2.45) is 4.99 Å². The average molecular weight is 372 g/mol. The van der Waals surface area contributed by atoms with E-state index in [0.717, 1.165) is 11.3 Å². The summed E-state index contributed by atoms with van der Waals surface area (Å²) >= 11 is 0. The third-order valence-electron chi connectivity index (χ3n) is 3.57. The first-order chi connectivity index (χ1) is 13.1. The lowest BCUT2D eigenvalue weighted by Crippen LogP contribution is -2.41. The van der Waals surface area contributed by atoms with Gasteiger partial charge in [-0.25, -0.2) is 9.38 Å². The molecule has 0 aromatic heterocycles. The summed E-state index contributed by atoms with van der Waals surface area (Å²) in [6, 6.07) is 13.3. The van der Waals surface area contributed by atoms with Gasteiger partial charge in [-0.05, 0) is 44.2 Å². The Bertz CT molecular complexity index is 763. The van der Waals surface area contributed by atoms with Gasteiger partial charge in [0.15, 0.2) is 5.96 Å². The molecule has 0 bridgehead atoms. The number of carbonyl (C=O) groups excluding carboxylic acids is 1. The molecule has 0 fully saturated rings. The molecule has 0 saturated carbocycles. The Hall–Kier alpha value is -3.09. The highest BCUT2D eigenvalue weighted by molar-refractivity contribution is 5.94. The van der Waals surface area contributed by atoms with Crippen LogP contribution in [-0.4, -0.2) is 31.6 Å². The summed E-state index contributed by atoms with van der Waals surface area (Å²) in [6.45, 7) is 5.60. The maximum absolute atomic E-state index is 12.9. The normalized spacial score (nSPS) is 11.0. The van der Waals surface area contributed by atoms with Gasteiger partial charge in [0.1, 0.15) is 11.6 Å². The van der Waals surface area contributed by atoms with Crippen LogP contribution in [0.3, 0.4) is 0 Å². The summed E-state index contributed by atoms with van der Waals surface area (Å²) in [5.74, 6) is 0.730. The lowest BCUT2D eigenvalue weighted by molar-refractivity contribution is -0.115. The van der Waals surface area contributed by atoms with E-state index in [2.05, 4.69) is 20.9 Å². The Kier molecular flexibility index (Phi) is 8.09. The molecule has 2 aromatic rings. The molecule has 1 amide bonds. The number of guanidine groups is 1. The molecule has 0 spiro atoms. The van der Waals surface area contributed by atoms with Gasteiger partial charge in [-0.15, -0.1) is 0 Å². The van der Waals surface area contributed by atoms with Crippen molar-refractivity contribution in [2.45, 2.75) is 20.4 Å². The molecular formula is C20H25FN4O2. The predicted octanol–water partition coefficient (Wildman–Crippen LogP) is 2.92. The number of halogens is 1. The number of benzene rings is 2. The van der Waals surface area contributed by atoms with E-state index in [0.29, 0.717) is 31.3 Å². The average Bonchev–Trinajstić information content (AvgIpc) is 2.67. The first-order valence-electron chi connectivity index (χ1n) is 8.90. The van der Waals surface area contributed by atoms with Crippen LogP contribution in [-0.2, 0) is 11.3 Å². The molecule has 0 unspecified atom stereocenters. The van der Waals surface area contributed by atoms with E-state index in [1.165, 1.54) is 24.3 Å². The summed E-state index contributed by atoms with van der Waals surface area (Å²) in [4.78, 5) is 16.6. The van der Waals surface area contributed by atoms with Gasteiger partial charge in [-0.2, -0.15) is 0 Å². The number of anilines is 1. The van der Waals surface area contributed by atoms with Crippen LogP contribution in [0, 0.1) is 5.82 Å². The van der Waals surface area contributed by atoms with Crippen LogP contribution in [0.25, 0.3) is 0 Å². The first-order valence-corrected chi connectivity index (χ1v) is 8.90. The minimum absolute atomic E-state index is 0.0380. The summed E-state index contributed by atoms with van der Waals surface area (Å²) in [5.41, 5.74) is 1.50. The zero-order valence-corrected chi connectivity index (χ0v) is 15.6. The van der Waals surface area contributed by atoms with Crippen molar-refractivity contribution in [3.8, 4) is 5.75 Å². The maximum atomic E-state index is 12.9. The first kappa shape index (κ1) is 20.2. The Labute approximate surface area is 158 Å². The van der Waals surface area contributed by atoms with Crippen LogP contribution in [0.5, 0.6) is 5.75 Å². The molecule has 0 aliphatic carbocycles. The number of ether oxygens (including phenoxy) is 1. The number of nitrogens with zero attached hydrogens (tertiary/aromatic N) is 1. The zero-order valence-electron chi connectivity index (χ0n) is 15.6. The number of nitrogens with one attached hydrogen (secondary N) is 3. The SMILES string of the molecule is CCNC(=NCc1ccccc1OCC)NCC(=O)Nc1ccc(F)cc1. The Morgan fingerprint density at radius 1 is 1.07 bits per heavy atom. The molecule has 6 nitrogen and oxygen atoms in total. The summed E-state index contributed by atoms with van der Waals surface area (Å²) in [6.07, 6.45) is 0. The molecule has 2 rings (SSSR count). The van der Waals surface area contributed by atoms with Crippen molar-refractivity contribution in [1.29, 1.82) is 0 Å². The highest BCUT2D eigenvalue weighted by Gasteiger charge is 2.06. The highest BCUT2D eigenvalue weighted by Crippen LogP contribution is 2.18. The lowest BCUT2D eigenvalue weighted by Gasteiger charge is -2.12. The second-order valence-electron chi connectivity index (χ2n) is 5.64. The van der Waals surface area contributed by atoms with E-state index in [-0.39, 0.29) is 18.3 Å². The fourth-order valence-corrected chi connectivity index (χ4v) is 2.34. The van der Waals surface area contributed by atoms with Crippen molar-refractivity contribution >= 4 is 17.6 Å². The largest absolute Gasteiger partial charge is 0.494 e. The molecule has 27 heavy (non-hydrogen) atoms. The van der Waals surface area contributed by atoms with Gasteiger partial charge in [0.05, 0.1) is 19.7 Å². The molecule has 144 valence electrons. The zero-order chi connectivity index (χ0) is 19.5. The second-order valence-corrected chi connectivity index (χ2v) is 5.64. The maximum Gasteiger partial charge on any atom is 0.243 e. The van der Waals surface area contributed by atoms with E-state index in [1.54, 1.807) is 0 Å². The summed E-state index contributed by atoms with van der Waals surface area (Å²) in [7, 11) is 0. The molecule has 0 heterocycles. The van der Waals surface area contributed by atoms with E-state index in [9.17, 15) is 9.18 Å². The van der Waals surface area contributed by atoms with Crippen LogP contribution in [0.4, 0.5) is 10.1 Å². The van der Waals surface area contributed by atoms with Gasteiger partial charge in [0, 0.05) is 17.8 Å². The van der Waals surface area contributed by atoms with Crippen LogP contribution in [0.1, 0.15) is 19.4 Å². The van der Waals surface area contributed by atoms with Crippen LogP contribution in [0.2, 0.25) is 0 Å². The molecule has 0 aliphatic heterocycles. The van der Waals surface area contributed by atoms with Gasteiger partial charge in [0.2, 0.25) is 5.91 Å². The Morgan fingerprint density at radius 2 is 1.81 bits per heavy atom. The number of hydrogen-bond acceptors (Lipinski definition) is 3. The van der Waals surface area contributed by atoms with E-state index in [4.69, 9.17) is 4.74 Å². The Balaban J connectivity index is 1.93. The monoisotopic (exact) mass is 372 g/mol. The van der Waals surface area contributed by atoms with E-state index in [1.807, 2.05) is 38.1 Å². The topological polar surface area (TPSA) is 74.8 Å². The molecule has 3 N–H and O–H groups in total. The quantitative estimate of drug-likeness (QED) is 0.492. The Morgan fingerprint density at radius 3 is 2.52 bits per heavy atom. The number of hydrogen-bond donors (Lipinski definition) is 3. The van der Waals surface area contributed by atoms with Crippen molar-refractivity contribution in [1.82, 2.24) is 10.6 Å². The molecule has 7 heteroatoms. The third-order valence-corrected chi connectivity index (χ3v) is 3.57. The van der Waals surface area contributed by atoms with Gasteiger partial charge >= 0.3 is 0 Å². The molecule has 2 aromatic carbocycles. The fourth-order valence-electron chi connectivity index (χ4n) is 2.34. The van der Waals surface area contributed by atoms with E-state index >= 15 is 0 Å². The van der Waals surface area contributed by atoms with Gasteiger partial charge in [0.25, 0.3) is 0 Å². The van der Waals surface area contributed by atoms with Gasteiger partial charge in [-0.3, -0.25) is 4.79 Å². The molecular weight excluding hydrogens is 347 g/mol. The minimum Gasteiger partial charge on any atom is -0.494 e. The number of rotatable bonds is 8. The standard InChI is InChI=1S/C20H25FN4O2/c1-3-22-20(23-13-15-7-5-6-8-18(15)27-4-2)24-14-19(26)25-17-11-9-16(21)10-12-17/h5-12H,3-4,13-14H2,1-2H3,(H,25,26)(H2,22,23,24). The second kappa shape index (κ2) is 10.8. The number of para-hydroxylation sites is 1.